The van der Waals surface area contributed by atoms with E-state index in [0.717, 1.165) is 57.8 Å². The van der Waals surface area contributed by atoms with E-state index in [1.165, 1.54) is 302 Å². The maximum absolute atomic E-state index is 12.9. The number of carbonyl (C=O) groups is 3. The maximum atomic E-state index is 12.9. The fourth-order valence-electron chi connectivity index (χ4n) is 10.8. The van der Waals surface area contributed by atoms with Gasteiger partial charge in [0, 0.05) is 19.3 Å². The van der Waals surface area contributed by atoms with Crippen molar-refractivity contribution in [3.63, 3.8) is 0 Å². The van der Waals surface area contributed by atoms with Crippen molar-refractivity contribution < 1.29 is 28.6 Å². The molecule has 0 aromatic heterocycles. The zero-order chi connectivity index (χ0) is 55.0. The minimum absolute atomic E-state index is 0.0626. The summed E-state index contributed by atoms with van der Waals surface area (Å²) in [6.07, 6.45) is 78.1. The Morgan fingerprint density at radius 2 is 0.434 bits per heavy atom. The molecule has 450 valence electrons. The van der Waals surface area contributed by atoms with Gasteiger partial charge in [-0.1, -0.05) is 348 Å². The minimum Gasteiger partial charge on any atom is -0.462 e. The van der Waals surface area contributed by atoms with E-state index in [2.05, 4.69) is 32.9 Å². The standard InChI is InChI=1S/C70H134O6/c1-4-7-10-13-16-19-22-25-27-29-31-33-34-35-36-37-39-40-42-45-48-51-54-57-60-63-69(72)75-66-67(65-74-68(71)62-59-56-53-50-47-44-24-21-18-15-12-9-6-3)76-70(73)64-61-58-55-52-49-46-43-41-38-32-30-28-26-23-20-17-14-11-8-5-2/h29,31,67H,4-28,30,32-66H2,1-3H3/b31-29-. The van der Waals surface area contributed by atoms with Gasteiger partial charge in [-0.05, 0) is 44.9 Å². The topological polar surface area (TPSA) is 78.9 Å². The molecule has 0 saturated carbocycles. The molecule has 1 unspecified atom stereocenters. The van der Waals surface area contributed by atoms with Crippen LogP contribution < -0.4 is 0 Å². The van der Waals surface area contributed by atoms with Crippen LogP contribution in [0.4, 0.5) is 0 Å². The second kappa shape index (κ2) is 65.7. The summed E-state index contributed by atoms with van der Waals surface area (Å²) in [5, 5.41) is 0. The number of unbranched alkanes of at least 4 members (excludes halogenated alkanes) is 52. The number of hydrogen-bond acceptors (Lipinski definition) is 6. The average molecular weight is 1070 g/mol. The Morgan fingerprint density at radius 1 is 0.250 bits per heavy atom. The van der Waals surface area contributed by atoms with Crippen LogP contribution >= 0.6 is 0 Å². The van der Waals surface area contributed by atoms with Crippen LogP contribution in [-0.2, 0) is 28.6 Å². The molecule has 0 amide bonds. The monoisotopic (exact) mass is 1070 g/mol. The first-order valence-corrected chi connectivity index (χ1v) is 34.7. The van der Waals surface area contributed by atoms with Gasteiger partial charge in [-0.15, -0.1) is 0 Å². The number of hydrogen-bond donors (Lipinski definition) is 0. The minimum atomic E-state index is -0.765. The van der Waals surface area contributed by atoms with Crippen molar-refractivity contribution >= 4 is 17.9 Å². The van der Waals surface area contributed by atoms with E-state index in [1.807, 2.05) is 0 Å². The smallest absolute Gasteiger partial charge is 0.306 e. The quantitative estimate of drug-likeness (QED) is 0.0261. The highest BCUT2D eigenvalue weighted by Gasteiger charge is 2.19. The molecule has 6 nitrogen and oxygen atoms in total. The molecule has 0 saturated heterocycles. The number of carbonyl (C=O) groups excluding carboxylic acids is 3. The molecule has 0 aliphatic rings. The lowest BCUT2D eigenvalue weighted by atomic mass is 10.0. The highest BCUT2D eigenvalue weighted by atomic mass is 16.6. The Balaban J connectivity index is 4.21. The molecular formula is C70H134O6. The van der Waals surface area contributed by atoms with E-state index >= 15 is 0 Å². The third kappa shape index (κ3) is 63.0. The molecule has 0 radical (unpaired) electrons. The lowest BCUT2D eigenvalue weighted by Crippen LogP contribution is -2.30. The van der Waals surface area contributed by atoms with Crippen molar-refractivity contribution in [3.05, 3.63) is 12.2 Å². The van der Waals surface area contributed by atoms with Gasteiger partial charge in [0.1, 0.15) is 13.2 Å². The molecule has 0 fully saturated rings. The molecule has 0 aromatic carbocycles. The molecule has 0 rings (SSSR count). The van der Waals surface area contributed by atoms with Crippen LogP contribution in [0.5, 0.6) is 0 Å². The maximum Gasteiger partial charge on any atom is 0.306 e. The summed E-state index contributed by atoms with van der Waals surface area (Å²) in [5.74, 6) is -0.828. The van der Waals surface area contributed by atoms with Gasteiger partial charge in [-0.2, -0.15) is 0 Å². The van der Waals surface area contributed by atoms with E-state index in [0.29, 0.717) is 19.3 Å². The van der Waals surface area contributed by atoms with Crippen LogP contribution in [-0.4, -0.2) is 37.2 Å². The molecule has 6 heteroatoms. The molecule has 1 atom stereocenters. The molecule has 0 aliphatic carbocycles. The predicted octanol–water partition coefficient (Wildman–Crippen LogP) is 23.6. The summed E-state index contributed by atoms with van der Waals surface area (Å²) in [7, 11) is 0. The molecule has 0 spiro atoms. The van der Waals surface area contributed by atoms with Crippen molar-refractivity contribution in [2.75, 3.05) is 13.2 Å². The van der Waals surface area contributed by atoms with Gasteiger partial charge in [-0.25, -0.2) is 0 Å². The second-order valence-electron chi connectivity index (χ2n) is 23.8. The Labute approximate surface area is 475 Å². The van der Waals surface area contributed by atoms with E-state index in [-0.39, 0.29) is 31.1 Å². The SMILES string of the molecule is CCCCCCCCCC/C=C\CCCCCCCCCCCCCCCC(=O)OCC(COC(=O)CCCCCCCCCCCCCCC)OC(=O)CCCCCCCCCCCCCCCCCCCCCC. The predicted molar refractivity (Wildman–Crippen MR) is 330 cm³/mol. The van der Waals surface area contributed by atoms with Gasteiger partial charge >= 0.3 is 17.9 Å². The van der Waals surface area contributed by atoms with Crippen molar-refractivity contribution in [1.82, 2.24) is 0 Å². The van der Waals surface area contributed by atoms with E-state index in [9.17, 15) is 14.4 Å². The van der Waals surface area contributed by atoms with Gasteiger partial charge < -0.3 is 14.2 Å². The van der Waals surface area contributed by atoms with E-state index in [4.69, 9.17) is 14.2 Å². The van der Waals surface area contributed by atoms with E-state index in [1.54, 1.807) is 0 Å². The molecule has 76 heavy (non-hydrogen) atoms. The second-order valence-corrected chi connectivity index (χ2v) is 23.8. The molecular weight excluding hydrogens is 937 g/mol. The lowest BCUT2D eigenvalue weighted by molar-refractivity contribution is -0.167. The van der Waals surface area contributed by atoms with Crippen molar-refractivity contribution in [2.45, 2.75) is 406 Å². The van der Waals surface area contributed by atoms with Crippen LogP contribution in [0.2, 0.25) is 0 Å². The Bertz CT molecular complexity index is 1180. The van der Waals surface area contributed by atoms with Crippen molar-refractivity contribution in [2.24, 2.45) is 0 Å². The average Bonchev–Trinajstić information content (AvgIpc) is 3.42. The number of ether oxygens (including phenoxy) is 3. The molecule has 0 N–H and O–H groups in total. The summed E-state index contributed by atoms with van der Waals surface area (Å²) >= 11 is 0. The van der Waals surface area contributed by atoms with Crippen LogP contribution in [0.15, 0.2) is 12.2 Å². The summed E-state index contributed by atoms with van der Waals surface area (Å²) < 4.78 is 17.0. The van der Waals surface area contributed by atoms with Crippen LogP contribution in [0.25, 0.3) is 0 Å². The normalized spacial score (nSPS) is 12.0. The first kappa shape index (κ1) is 74.2. The zero-order valence-corrected chi connectivity index (χ0v) is 51.8. The number of esters is 3. The van der Waals surface area contributed by atoms with Gasteiger partial charge in [0.15, 0.2) is 6.10 Å². The van der Waals surface area contributed by atoms with Gasteiger partial charge in [0.05, 0.1) is 0 Å². The van der Waals surface area contributed by atoms with Crippen LogP contribution in [0.1, 0.15) is 400 Å². The first-order chi connectivity index (χ1) is 37.5. The summed E-state index contributed by atoms with van der Waals surface area (Å²) in [5.41, 5.74) is 0. The molecule has 0 heterocycles. The highest BCUT2D eigenvalue weighted by Crippen LogP contribution is 2.19. The highest BCUT2D eigenvalue weighted by molar-refractivity contribution is 5.71. The Kier molecular flexibility index (Phi) is 64.1. The summed E-state index contributed by atoms with van der Waals surface area (Å²) in [6.45, 7) is 6.73. The van der Waals surface area contributed by atoms with Gasteiger partial charge in [-0.3, -0.25) is 14.4 Å². The third-order valence-corrected chi connectivity index (χ3v) is 16.0. The van der Waals surface area contributed by atoms with Crippen molar-refractivity contribution in [1.29, 1.82) is 0 Å². The summed E-state index contributed by atoms with van der Waals surface area (Å²) in [6, 6.07) is 0. The van der Waals surface area contributed by atoms with Gasteiger partial charge in [0.25, 0.3) is 0 Å². The van der Waals surface area contributed by atoms with Gasteiger partial charge in [0.2, 0.25) is 0 Å². The van der Waals surface area contributed by atoms with Crippen LogP contribution in [0.3, 0.4) is 0 Å². The molecule has 0 aromatic rings. The largest absolute Gasteiger partial charge is 0.462 e. The summed E-state index contributed by atoms with van der Waals surface area (Å²) in [4.78, 5) is 38.4. The Hall–Kier alpha value is -1.85. The zero-order valence-electron chi connectivity index (χ0n) is 51.8. The third-order valence-electron chi connectivity index (χ3n) is 16.0. The van der Waals surface area contributed by atoms with Crippen LogP contribution in [0, 0.1) is 0 Å². The van der Waals surface area contributed by atoms with E-state index < -0.39 is 6.10 Å². The number of rotatable bonds is 65. The molecule has 0 aliphatic heterocycles. The number of allylic oxidation sites excluding steroid dienone is 2. The lowest BCUT2D eigenvalue weighted by Gasteiger charge is -2.18. The molecule has 0 bridgehead atoms. The fraction of sp³-hybridized carbons (Fsp3) is 0.929. The fourth-order valence-corrected chi connectivity index (χ4v) is 10.8. The van der Waals surface area contributed by atoms with Crippen molar-refractivity contribution in [3.8, 4) is 0 Å². The Morgan fingerprint density at radius 3 is 0.658 bits per heavy atom. The first-order valence-electron chi connectivity index (χ1n) is 34.7.